The van der Waals surface area contributed by atoms with Gasteiger partial charge in [0.2, 0.25) is 0 Å². The number of hydrogen-bond donors (Lipinski definition) is 0. The Morgan fingerprint density at radius 1 is 1.52 bits per heavy atom. The maximum atomic E-state index is 6.04. The van der Waals surface area contributed by atoms with Gasteiger partial charge in [-0.15, -0.1) is 11.6 Å². The number of pyridine rings is 1. The molecule has 2 aromatic heterocycles. The van der Waals surface area contributed by atoms with Crippen LogP contribution in [0.4, 0.5) is 0 Å². The molecule has 0 spiro atoms. The maximum absolute atomic E-state index is 6.04. The summed E-state index contributed by atoms with van der Waals surface area (Å²) in [7, 11) is 0. The van der Waals surface area contributed by atoms with E-state index in [9.17, 15) is 0 Å². The highest BCUT2D eigenvalue weighted by atomic mass is 79.9. The number of imidazole rings is 1. The molecule has 1 aliphatic rings. The zero-order valence-corrected chi connectivity index (χ0v) is 14.3. The van der Waals surface area contributed by atoms with Gasteiger partial charge >= 0.3 is 0 Å². The lowest BCUT2D eigenvalue weighted by atomic mass is 10.2. The molecule has 0 bridgehead atoms. The van der Waals surface area contributed by atoms with Crippen LogP contribution in [0.2, 0.25) is 0 Å². The molecule has 1 atom stereocenters. The van der Waals surface area contributed by atoms with Crippen molar-refractivity contribution in [3.8, 4) is 0 Å². The van der Waals surface area contributed by atoms with Crippen LogP contribution < -0.4 is 0 Å². The minimum atomic E-state index is 0.156. The molecular weight excluding hydrogens is 356 g/mol. The van der Waals surface area contributed by atoms with Crippen molar-refractivity contribution in [2.75, 3.05) is 26.2 Å². The first-order chi connectivity index (χ1) is 10.2. The monoisotopic (exact) mass is 372 g/mol. The van der Waals surface area contributed by atoms with E-state index >= 15 is 0 Å². The van der Waals surface area contributed by atoms with Crippen molar-refractivity contribution in [2.24, 2.45) is 0 Å². The van der Waals surface area contributed by atoms with Gasteiger partial charge in [0.05, 0.1) is 25.1 Å². The number of alkyl halides is 1. The summed E-state index contributed by atoms with van der Waals surface area (Å²) in [4.78, 5) is 11.4. The van der Waals surface area contributed by atoms with Crippen LogP contribution in [0.25, 0.3) is 11.2 Å². The summed E-state index contributed by atoms with van der Waals surface area (Å²) >= 11 is 9.47. The SMILES string of the molecule is CCN1CCOC(Cn2c(CCl)nc3cc(Br)cnc32)C1. The van der Waals surface area contributed by atoms with E-state index in [1.165, 1.54) is 0 Å². The highest BCUT2D eigenvalue weighted by molar-refractivity contribution is 9.10. The van der Waals surface area contributed by atoms with Gasteiger partial charge in [0.15, 0.2) is 5.65 Å². The summed E-state index contributed by atoms with van der Waals surface area (Å²) in [5, 5.41) is 0. The van der Waals surface area contributed by atoms with Crippen LogP contribution in [0.3, 0.4) is 0 Å². The minimum absolute atomic E-state index is 0.156. The number of ether oxygens (including phenoxy) is 1. The summed E-state index contributed by atoms with van der Waals surface area (Å²) in [6.07, 6.45) is 1.95. The second kappa shape index (κ2) is 6.60. The first kappa shape index (κ1) is 15.2. The van der Waals surface area contributed by atoms with Crippen molar-refractivity contribution < 1.29 is 4.74 Å². The number of likely N-dealkylation sites (N-methyl/N-ethyl adjacent to an activating group) is 1. The first-order valence-corrected chi connectivity index (χ1v) is 8.44. The van der Waals surface area contributed by atoms with E-state index in [4.69, 9.17) is 16.3 Å². The van der Waals surface area contributed by atoms with Crippen molar-refractivity contribution in [3.63, 3.8) is 0 Å². The summed E-state index contributed by atoms with van der Waals surface area (Å²) in [5.41, 5.74) is 1.73. The van der Waals surface area contributed by atoms with E-state index in [-0.39, 0.29) is 6.10 Å². The fourth-order valence-corrected chi connectivity index (χ4v) is 3.23. The highest BCUT2D eigenvalue weighted by Gasteiger charge is 2.22. The van der Waals surface area contributed by atoms with Gasteiger partial charge in [0.1, 0.15) is 11.3 Å². The third kappa shape index (κ3) is 3.23. The molecule has 0 saturated carbocycles. The van der Waals surface area contributed by atoms with Crippen LogP contribution in [0.15, 0.2) is 16.7 Å². The number of halogens is 2. The first-order valence-electron chi connectivity index (χ1n) is 7.11. The Kier molecular flexibility index (Phi) is 4.78. The van der Waals surface area contributed by atoms with Crippen LogP contribution in [0, 0.1) is 0 Å². The predicted molar refractivity (Wildman–Crippen MR) is 86.6 cm³/mol. The van der Waals surface area contributed by atoms with Crippen molar-refractivity contribution in [3.05, 3.63) is 22.6 Å². The molecule has 0 amide bonds. The van der Waals surface area contributed by atoms with E-state index in [1.807, 2.05) is 6.07 Å². The molecule has 114 valence electrons. The number of hydrogen-bond acceptors (Lipinski definition) is 4. The number of nitrogens with zero attached hydrogens (tertiary/aromatic N) is 4. The summed E-state index contributed by atoms with van der Waals surface area (Å²) in [5.74, 6) is 1.22. The molecule has 3 heterocycles. The van der Waals surface area contributed by atoms with Crippen LogP contribution >= 0.6 is 27.5 Å². The topological polar surface area (TPSA) is 43.2 Å². The quantitative estimate of drug-likeness (QED) is 0.773. The Morgan fingerprint density at radius 3 is 3.14 bits per heavy atom. The van der Waals surface area contributed by atoms with Gasteiger partial charge in [-0.3, -0.25) is 4.90 Å². The molecular formula is C14H18BrClN4O. The lowest BCUT2D eigenvalue weighted by molar-refractivity contribution is -0.0341. The third-order valence-corrected chi connectivity index (χ3v) is 4.48. The fraction of sp³-hybridized carbons (Fsp3) is 0.571. The molecule has 0 aliphatic carbocycles. The summed E-state index contributed by atoms with van der Waals surface area (Å²) in [6.45, 7) is 6.69. The highest BCUT2D eigenvalue weighted by Crippen LogP contribution is 2.21. The lowest BCUT2D eigenvalue weighted by Gasteiger charge is -2.32. The molecule has 21 heavy (non-hydrogen) atoms. The van der Waals surface area contributed by atoms with Crippen LogP contribution in [-0.2, 0) is 17.2 Å². The zero-order valence-electron chi connectivity index (χ0n) is 11.9. The van der Waals surface area contributed by atoms with Crippen molar-refractivity contribution in [1.29, 1.82) is 0 Å². The van der Waals surface area contributed by atoms with E-state index in [0.717, 1.165) is 54.2 Å². The Morgan fingerprint density at radius 2 is 2.38 bits per heavy atom. The smallest absolute Gasteiger partial charge is 0.160 e. The molecule has 1 fully saturated rings. The maximum Gasteiger partial charge on any atom is 0.160 e. The molecule has 1 unspecified atom stereocenters. The largest absolute Gasteiger partial charge is 0.374 e. The van der Waals surface area contributed by atoms with Gasteiger partial charge in [-0.1, -0.05) is 6.92 Å². The second-order valence-electron chi connectivity index (χ2n) is 5.15. The predicted octanol–water partition coefficient (Wildman–Crippen LogP) is 2.65. The van der Waals surface area contributed by atoms with Crippen molar-refractivity contribution >= 4 is 38.7 Å². The summed E-state index contributed by atoms with van der Waals surface area (Å²) in [6, 6.07) is 1.97. The van der Waals surface area contributed by atoms with E-state index in [0.29, 0.717) is 5.88 Å². The Balaban J connectivity index is 1.88. The van der Waals surface area contributed by atoms with Gasteiger partial charge in [-0.05, 0) is 28.5 Å². The molecule has 1 aliphatic heterocycles. The van der Waals surface area contributed by atoms with E-state index in [2.05, 4.69) is 42.3 Å². The minimum Gasteiger partial charge on any atom is -0.374 e. The summed E-state index contributed by atoms with van der Waals surface area (Å²) < 4.78 is 8.89. The Bertz CT molecular complexity index is 633. The average Bonchev–Trinajstić information content (AvgIpc) is 2.84. The van der Waals surface area contributed by atoms with Crippen molar-refractivity contribution in [1.82, 2.24) is 19.4 Å². The Labute approximate surface area is 137 Å². The number of aromatic nitrogens is 3. The third-order valence-electron chi connectivity index (χ3n) is 3.81. The average molecular weight is 374 g/mol. The number of morpholine rings is 1. The van der Waals surface area contributed by atoms with Gasteiger partial charge in [0, 0.05) is 23.8 Å². The van der Waals surface area contributed by atoms with Crippen molar-refractivity contribution in [2.45, 2.75) is 25.5 Å². The normalized spacial score (nSPS) is 20.2. The number of rotatable bonds is 4. The molecule has 2 aromatic rings. The van der Waals surface area contributed by atoms with E-state index in [1.54, 1.807) is 6.20 Å². The molecule has 0 aromatic carbocycles. The lowest BCUT2D eigenvalue weighted by Crippen LogP contribution is -2.44. The molecule has 0 N–H and O–H groups in total. The molecule has 5 nitrogen and oxygen atoms in total. The van der Waals surface area contributed by atoms with Crippen LogP contribution in [0.1, 0.15) is 12.7 Å². The zero-order chi connectivity index (χ0) is 14.8. The molecule has 1 saturated heterocycles. The van der Waals surface area contributed by atoms with Gasteiger partial charge in [0.25, 0.3) is 0 Å². The van der Waals surface area contributed by atoms with Gasteiger partial charge in [-0.2, -0.15) is 0 Å². The standard InChI is InChI=1S/C14H18BrClN4O/c1-2-19-3-4-21-11(8-19)9-20-13(6-16)18-12-5-10(15)7-17-14(12)20/h5,7,11H,2-4,6,8-9H2,1H3. The van der Waals surface area contributed by atoms with Gasteiger partial charge < -0.3 is 9.30 Å². The van der Waals surface area contributed by atoms with Crippen LogP contribution in [-0.4, -0.2) is 51.8 Å². The number of fused-ring (bicyclic) bond motifs is 1. The van der Waals surface area contributed by atoms with Crippen LogP contribution in [0.5, 0.6) is 0 Å². The Hall–Kier alpha value is -0.690. The second-order valence-corrected chi connectivity index (χ2v) is 6.34. The molecule has 3 rings (SSSR count). The fourth-order valence-electron chi connectivity index (χ4n) is 2.71. The molecule has 7 heteroatoms. The molecule has 0 radical (unpaired) electrons. The van der Waals surface area contributed by atoms with Gasteiger partial charge in [-0.25, -0.2) is 9.97 Å². The van der Waals surface area contributed by atoms with E-state index < -0.39 is 0 Å².